The molecule has 2 aromatic rings. The van der Waals surface area contributed by atoms with Crippen molar-refractivity contribution in [2.75, 3.05) is 0 Å². The average molecular weight is 347 g/mol. The molecule has 0 radical (unpaired) electrons. The third kappa shape index (κ3) is 2.35. The molecule has 0 saturated heterocycles. The van der Waals surface area contributed by atoms with Crippen molar-refractivity contribution in [3.8, 4) is 0 Å². The quantitative estimate of drug-likeness (QED) is 0.845. The Kier molecular flexibility index (Phi) is 3.74. The van der Waals surface area contributed by atoms with E-state index in [9.17, 15) is 4.79 Å². The summed E-state index contributed by atoms with van der Waals surface area (Å²) in [4.78, 5) is 13.0. The van der Waals surface area contributed by atoms with Gasteiger partial charge < -0.3 is 0 Å². The number of hydrogen-bond acceptors (Lipinski definition) is 2. The number of hydrogen-bond donors (Lipinski definition) is 0. The van der Waals surface area contributed by atoms with Crippen LogP contribution in [0.25, 0.3) is 0 Å². The van der Waals surface area contributed by atoms with Crippen LogP contribution in [0.5, 0.6) is 0 Å². The Balaban J connectivity index is 1.90. The number of nitrogens with zero attached hydrogens (tertiary/aromatic N) is 2. The van der Waals surface area contributed by atoms with E-state index in [-0.39, 0.29) is 5.41 Å². The minimum absolute atomic E-state index is 0.279. The minimum Gasteiger partial charge on any atom is -0.298 e. The van der Waals surface area contributed by atoms with Crippen LogP contribution in [-0.4, -0.2) is 15.6 Å². The van der Waals surface area contributed by atoms with Crippen molar-refractivity contribution < 1.29 is 4.79 Å². The highest BCUT2D eigenvalue weighted by Gasteiger charge is 2.45. The second kappa shape index (κ2) is 5.41. The zero-order valence-corrected chi connectivity index (χ0v) is 14.0. The van der Waals surface area contributed by atoms with Crippen LogP contribution in [0.4, 0.5) is 0 Å². The number of halogens is 1. The van der Waals surface area contributed by atoms with Gasteiger partial charge in [0.25, 0.3) is 0 Å². The lowest BCUT2D eigenvalue weighted by atomic mass is 9.61. The fourth-order valence-electron chi connectivity index (χ4n) is 3.21. The van der Waals surface area contributed by atoms with Gasteiger partial charge in [0.1, 0.15) is 5.78 Å². The number of ketones is 1. The summed E-state index contributed by atoms with van der Waals surface area (Å²) < 4.78 is 2.77. The molecule has 0 spiro atoms. The number of benzene rings is 1. The molecule has 1 aromatic carbocycles. The molecule has 1 saturated carbocycles. The van der Waals surface area contributed by atoms with Crippen LogP contribution < -0.4 is 0 Å². The maximum absolute atomic E-state index is 13.0. The molecule has 3 rings (SSSR count). The van der Waals surface area contributed by atoms with Crippen molar-refractivity contribution >= 4 is 21.7 Å². The van der Waals surface area contributed by atoms with Crippen LogP contribution in [0.1, 0.15) is 36.2 Å². The maximum Gasteiger partial charge on any atom is 0.149 e. The molecule has 1 fully saturated rings. The summed E-state index contributed by atoms with van der Waals surface area (Å²) >= 11 is 3.56. The first-order valence-electron chi connectivity index (χ1n) is 7.31. The summed E-state index contributed by atoms with van der Waals surface area (Å²) in [6, 6.07) is 10.2. The molecule has 0 N–H and O–H groups in total. The van der Waals surface area contributed by atoms with Crippen LogP contribution >= 0.6 is 15.9 Å². The zero-order chi connectivity index (χ0) is 15.0. The van der Waals surface area contributed by atoms with Crippen LogP contribution in [0.15, 0.2) is 34.8 Å². The standard InChI is InChI=1S/C17H19BrN2O/c1-12-16(18)14(20(2)19-12)11-15(21)17(9-6-10-17)13-7-4-3-5-8-13/h3-5,7-8H,6,9-11H2,1-2H3. The van der Waals surface area contributed by atoms with Crippen molar-refractivity contribution in [1.29, 1.82) is 0 Å². The molecule has 3 nitrogen and oxygen atoms in total. The van der Waals surface area contributed by atoms with Gasteiger partial charge in [-0.2, -0.15) is 5.10 Å². The van der Waals surface area contributed by atoms with E-state index in [2.05, 4.69) is 33.2 Å². The summed E-state index contributed by atoms with van der Waals surface area (Å²) in [5, 5.41) is 4.38. The molecule has 1 aliphatic rings. The molecule has 110 valence electrons. The number of rotatable bonds is 4. The normalized spacial score (nSPS) is 16.5. The van der Waals surface area contributed by atoms with Crippen LogP contribution in [-0.2, 0) is 23.7 Å². The Morgan fingerprint density at radius 2 is 2.00 bits per heavy atom. The predicted molar refractivity (Wildman–Crippen MR) is 86.3 cm³/mol. The third-order valence-corrected chi connectivity index (χ3v) is 5.69. The van der Waals surface area contributed by atoms with Gasteiger partial charge in [-0.05, 0) is 41.3 Å². The number of aryl methyl sites for hydroxylation is 2. The first-order valence-corrected chi connectivity index (χ1v) is 8.11. The van der Waals surface area contributed by atoms with Crippen LogP contribution in [0.2, 0.25) is 0 Å². The number of aromatic nitrogens is 2. The lowest BCUT2D eigenvalue weighted by molar-refractivity contribution is -0.127. The van der Waals surface area contributed by atoms with E-state index in [1.165, 1.54) is 0 Å². The van der Waals surface area contributed by atoms with E-state index < -0.39 is 0 Å². The summed E-state index contributed by atoms with van der Waals surface area (Å²) in [6.07, 6.45) is 3.49. The zero-order valence-electron chi connectivity index (χ0n) is 12.4. The van der Waals surface area contributed by atoms with E-state index in [0.717, 1.165) is 40.7 Å². The van der Waals surface area contributed by atoms with Crippen LogP contribution in [0.3, 0.4) is 0 Å². The van der Waals surface area contributed by atoms with E-state index in [0.29, 0.717) is 12.2 Å². The van der Waals surface area contributed by atoms with Gasteiger partial charge in [0, 0.05) is 7.05 Å². The first-order chi connectivity index (χ1) is 10.0. The Hall–Kier alpha value is -1.42. The molecule has 1 heterocycles. The van der Waals surface area contributed by atoms with Gasteiger partial charge in [0.15, 0.2) is 0 Å². The van der Waals surface area contributed by atoms with Crippen molar-refractivity contribution in [3.63, 3.8) is 0 Å². The molecule has 21 heavy (non-hydrogen) atoms. The van der Waals surface area contributed by atoms with E-state index in [4.69, 9.17) is 0 Å². The Bertz CT molecular complexity index is 672. The fraction of sp³-hybridized carbons (Fsp3) is 0.412. The van der Waals surface area contributed by atoms with Crippen molar-refractivity contribution in [1.82, 2.24) is 9.78 Å². The molecule has 0 atom stereocenters. The molecule has 1 aromatic heterocycles. The summed E-state index contributed by atoms with van der Waals surface area (Å²) in [7, 11) is 1.90. The van der Waals surface area contributed by atoms with Gasteiger partial charge in [-0.15, -0.1) is 0 Å². The lowest BCUT2D eigenvalue weighted by Crippen LogP contribution is -2.43. The van der Waals surface area contributed by atoms with Gasteiger partial charge in [-0.25, -0.2) is 0 Å². The molecule has 0 aliphatic heterocycles. The van der Waals surface area contributed by atoms with Crippen molar-refractivity contribution in [2.45, 2.75) is 38.0 Å². The fourth-order valence-corrected chi connectivity index (χ4v) is 3.69. The highest BCUT2D eigenvalue weighted by molar-refractivity contribution is 9.10. The molecule has 0 bridgehead atoms. The number of carbonyl (C=O) groups excluding carboxylic acids is 1. The summed E-state index contributed by atoms with van der Waals surface area (Å²) in [6.45, 7) is 1.95. The van der Waals surface area contributed by atoms with Gasteiger partial charge in [0.2, 0.25) is 0 Å². The summed E-state index contributed by atoms with van der Waals surface area (Å²) in [5.41, 5.74) is 2.79. The van der Waals surface area contributed by atoms with Crippen molar-refractivity contribution in [3.05, 3.63) is 51.8 Å². The average Bonchev–Trinajstić information content (AvgIpc) is 2.65. The van der Waals surface area contributed by atoms with Crippen LogP contribution in [0, 0.1) is 6.92 Å². The van der Waals surface area contributed by atoms with Gasteiger partial charge >= 0.3 is 0 Å². The number of Topliss-reactive ketones (excluding diaryl/α,β-unsaturated/α-hetero) is 1. The van der Waals surface area contributed by atoms with E-state index in [1.54, 1.807) is 0 Å². The minimum atomic E-state index is -0.279. The third-order valence-electron chi connectivity index (χ3n) is 4.66. The monoisotopic (exact) mass is 346 g/mol. The van der Waals surface area contributed by atoms with Gasteiger partial charge in [0.05, 0.1) is 27.7 Å². The molecule has 0 amide bonds. The predicted octanol–water partition coefficient (Wildman–Crippen LogP) is 3.72. The Labute approximate surface area is 133 Å². The van der Waals surface area contributed by atoms with Gasteiger partial charge in [-0.1, -0.05) is 36.8 Å². The topological polar surface area (TPSA) is 34.9 Å². The van der Waals surface area contributed by atoms with Crippen molar-refractivity contribution in [2.24, 2.45) is 7.05 Å². The Morgan fingerprint density at radius 1 is 1.33 bits per heavy atom. The van der Waals surface area contributed by atoms with E-state index in [1.807, 2.05) is 36.9 Å². The van der Waals surface area contributed by atoms with Gasteiger partial charge in [-0.3, -0.25) is 9.48 Å². The maximum atomic E-state index is 13.0. The SMILES string of the molecule is Cc1nn(C)c(CC(=O)C2(c3ccccc3)CCC2)c1Br. The summed E-state index contributed by atoms with van der Waals surface area (Å²) in [5.74, 6) is 0.309. The molecule has 4 heteroatoms. The lowest BCUT2D eigenvalue weighted by Gasteiger charge is -2.41. The Morgan fingerprint density at radius 3 is 2.48 bits per heavy atom. The number of carbonyl (C=O) groups is 1. The highest BCUT2D eigenvalue weighted by Crippen LogP contribution is 2.45. The second-order valence-corrected chi connectivity index (χ2v) is 6.66. The largest absolute Gasteiger partial charge is 0.298 e. The molecule has 1 aliphatic carbocycles. The molecular weight excluding hydrogens is 328 g/mol. The smallest absolute Gasteiger partial charge is 0.149 e. The molecular formula is C17H19BrN2O. The molecule has 0 unspecified atom stereocenters. The first kappa shape index (κ1) is 14.5. The second-order valence-electron chi connectivity index (χ2n) is 5.87. The van der Waals surface area contributed by atoms with E-state index >= 15 is 0 Å². The highest BCUT2D eigenvalue weighted by atomic mass is 79.9.